The van der Waals surface area contributed by atoms with Crippen molar-refractivity contribution in [3.63, 3.8) is 0 Å². The van der Waals surface area contributed by atoms with Gasteiger partial charge in [-0.05, 0) is 93.0 Å². The van der Waals surface area contributed by atoms with Crippen LogP contribution in [0.3, 0.4) is 0 Å². The van der Waals surface area contributed by atoms with Crippen LogP contribution in [0.4, 0.5) is 4.39 Å². The van der Waals surface area contributed by atoms with E-state index in [4.69, 9.17) is 9.47 Å². The molecule has 1 N–H and O–H groups in total. The number of aliphatic hydroxyl groups is 1. The first-order valence-electron chi connectivity index (χ1n) is 16.3. The fourth-order valence-corrected chi connectivity index (χ4v) is 6.47. The normalized spacial score (nSPS) is 16.5. The van der Waals surface area contributed by atoms with Crippen molar-refractivity contribution in [3.8, 4) is 17.6 Å². The van der Waals surface area contributed by atoms with Crippen LogP contribution in [0.5, 0.6) is 11.5 Å². The van der Waals surface area contributed by atoms with E-state index in [0.29, 0.717) is 11.5 Å². The van der Waals surface area contributed by atoms with Crippen molar-refractivity contribution in [2.24, 2.45) is 5.92 Å². The van der Waals surface area contributed by atoms with Gasteiger partial charge < -0.3 is 19.5 Å². The van der Waals surface area contributed by atoms with Gasteiger partial charge in [0.05, 0.1) is 31.8 Å². The van der Waals surface area contributed by atoms with Crippen LogP contribution in [0.25, 0.3) is 0 Å². The molecule has 232 valence electrons. The molecule has 1 heterocycles. The van der Waals surface area contributed by atoms with E-state index in [-0.39, 0.29) is 11.7 Å². The van der Waals surface area contributed by atoms with Crippen LogP contribution in [-0.4, -0.2) is 43.9 Å². The van der Waals surface area contributed by atoms with E-state index in [1.807, 2.05) is 18.2 Å². The number of rotatable bonds is 19. The summed E-state index contributed by atoms with van der Waals surface area (Å²) in [5.41, 5.74) is 1.30. The summed E-state index contributed by atoms with van der Waals surface area (Å²) < 4.78 is 24.3. The van der Waals surface area contributed by atoms with Crippen LogP contribution in [0.1, 0.15) is 114 Å². The van der Waals surface area contributed by atoms with E-state index in [2.05, 4.69) is 17.9 Å². The quantitative estimate of drug-likeness (QED) is 0.168. The summed E-state index contributed by atoms with van der Waals surface area (Å²) >= 11 is 0. The zero-order valence-electron chi connectivity index (χ0n) is 26.3. The molecule has 1 aliphatic rings. The number of aliphatic hydroxyl groups excluding tert-OH is 1. The lowest BCUT2D eigenvalue weighted by Gasteiger charge is -2.34. The van der Waals surface area contributed by atoms with E-state index in [0.717, 1.165) is 75.7 Å². The van der Waals surface area contributed by atoms with E-state index in [1.165, 1.54) is 57.1 Å². The van der Waals surface area contributed by atoms with Crippen molar-refractivity contribution in [3.05, 3.63) is 59.4 Å². The minimum Gasteiger partial charge on any atom is -0.493 e. The Hall–Kier alpha value is -2.62. The first kappa shape index (κ1) is 33.9. The fraction of sp³-hybridized carbons (Fsp3) is 0.639. The van der Waals surface area contributed by atoms with Gasteiger partial charge in [-0.3, -0.25) is 0 Å². The van der Waals surface area contributed by atoms with Gasteiger partial charge in [0, 0.05) is 0 Å². The Balaban J connectivity index is 1.52. The molecule has 0 radical (unpaired) electrons. The van der Waals surface area contributed by atoms with Crippen molar-refractivity contribution in [2.45, 2.75) is 108 Å². The second kappa shape index (κ2) is 18.1. The molecule has 1 fully saturated rings. The van der Waals surface area contributed by atoms with E-state index >= 15 is 0 Å². The minimum absolute atomic E-state index is 0.203. The molecule has 0 aliphatic carbocycles. The summed E-state index contributed by atoms with van der Waals surface area (Å²) in [6.45, 7) is 5.17. The molecule has 0 amide bonds. The maximum absolute atomic E-state index is 13.3. The van der Waals surface area contributed by atoms with Gasteiger partial charge in [0.2, 0.25) is 0 Å². The van der Waals surface area contributed by atoms with Crippen LogP contribution in [0.15, 0.2) is 42.5 Å². The number of methoxy groups -OCH3 is 2. The van der Waals surface area contributed by atoms with Gasteiger partial charge in [-0.2, -0.15) is 5.26 Å². The van der Waals surface area contributed by atoms with Gasteiger partial charge >= 0.3 is 0 Å². The fourth-order valence-electron chi connectivity index (χ4n) is 6.47. The number of nitrogens with zero attached hydrogens (tertiary/aromatic N) is 2. The monoisotopic (exact) mass is 580 g/mol. The van der Waals surface area contributed by atoms with Crippen molar-refractivity contribution >= 4 is 0 Å². The van der Waals surface area contributed by atoms with Crippen LogP contribution < -0.4 is 9.47 Å². The van der Waals surface area contributed by atoms with Crippen molar-refractivity contribution in [1.82, 2.24) is 4.90 Å². The molecule has 6 heteroatoms. The molecule has 42 heavy (non-hydrogen) atoms. The third-order valence-electron chi connectivity index (χ3n) is 9.23. The number of piperidine rings is 1. The Morgan fingerprint density at radius 3 is 2.07 bits per heavy atom. The summed E-state index contributed by atoms with van der Waals surface area (Å²) in [6, 6.07) is 15.0. The van der Waals surface area contributed by atoms with Crippen LogP contribution in [0, 0.1) is 23.1 Å². The lowest BCUT2D eigenvalue weighted by Crippen LogP contribution is -2.36. The Bertz CT molecular complexity index is 1080. The summed E-state index contributed by atoms with van der Waals surface area (Å²) in [4.78, 5) is 2.48. The Kier molecular flexibility index (Phi) is 14.6. The van der Waals surface area contributed by atoms with Gasteiger partial charge in [0.15, 0.2) is 11.5 Å². The van der Waals surface area contributed by atoms with Crippen molar-refractivity contribution < 1.29 is 19.0 Å². The lowest BCUT2D eigenvalue weighted by atomic mass is 9.73. The number of likely N-dealkylation sites (tertiary alicyclic amines) is 1. The lowest BCUT2D eigenvalue weighted by molar-refractivity contribution is 0.0583. The first-order valence-corrected chi connectivity index (χ1v) is 16.3. The second-order valence-corrected chi connectivity index (χ2v) is 12.1. The van der Waals surface area contributed by atoms with E-state index in [9.17, 15) is 14.8 Å². The third-order valence-corrected chi connectivity index (χ3v) is 9.23. The highest BCUT2D eigenvalue weighted by molar-refractivity contribution is 5.47. The average Bonchev–Trinajstić information content (AvgIpc) is 3.03. The SMILES string of the molecule is CCCCCCCCCCC(C#N)(CCCCN1CCC(C(O)c2ccc(F)cc2)CC1)c1ccc(OC)c(OC)c1. The summed E-state index contributed by atoms with van der Waals surface area (Å²) in [7, 11) is 3.29. The zero-order chi connectivity index (χ0) is 30.2. The number of halogens is 1. The summed E-state index contributed by atoms with van der Waals surface area (Å²) in [5, 5.41) is 21.4. The Labute approximate surface area is 254 Å². The predicted octanol–water partition coefficient (Wildman–Crippen LogP) is 8.75. The molecule has 1 saturated heterocycles. The average molecular weight is 581 g/mol. The highest BCUT2D eigenvalue weighted by Gasteiger charge is 2.33. The second-order valence-electron chi connectivity index (χ2n) is 12.1. The Morgan fingerprint density at radius 2 is 1.48 bits per heavy atom. The molecule has 5 nitrogen and oxygen atoms in total. The highest BCUT2D eigenvalue weighted by atomic mass is 19.1. The maximum Gasteiger partial charge on any atom is 0.161 e. The van der Waals surface area contributed by atoms with Crippen LogP contribution >= 0.6 is 0 Å². The summed E-state index contributed by atoms with van der Waals surface area (Å²) in [6.07, 6.45) is 15.0. The minimum atomic E-state index is -0.540. The van der Waals surface area contributed by atoms with Gasteiger partial charge in [0.1, 0.15) is 5.82 Å². The van der Waals surface area contributed by atoms with Crippen molar-refractivity contribution in [1.29, 1.82) is 5.26 Å². The number of unbranched alkanes of at least 4 members (excludes halogenated alkanes) is 8. The largest absolute Gasteiger partial charge is 0.493 e. The molecule has 1 aliphatic heterocycles. The van der Waals surface area contributed by atoms with Crippen LogP contribution in [0.2, 0.25) is 0 Å². The number of nitriles is 1. The molecule has 0 spiro atoms. The molecule has 2 atom stereocenters. The number of hydrogen-bond donors (Lipinski definition) is 1. The highest BCUT2D eigenvalue weighted by Crippen LogP contribution is 2.40. The Morgan fingerprint density at radius 1 is 0.881 bits per heavy atom. The van der Waals surface area contributed by atoms with Gasteiger partial charge in [-0.15, -0.1) is 0 Å². The molecular formula is C36H53FN2O3. The molecule has 2 unspecified atom stereocenters. The topological polar surface area (TPSA) is 65.7 Å². The zero-order valence-corrected chi connectivity index (χ0v) is 26.3. The van der Waals surface area contributed by atoms with Gasteiger partial charge in [-0.1, -0.05) is 82.9 Å². The number of hydrogen-bond acceptors (Lipinski definition) is 5. The number of ether oxygens (including phenoxy) is 2. The number of benzene rings is 2. The van der Waals surface area contributed by atoms with Crippen molar-refractivity contribution in [2.75, 3.05) is 33.9 Å². The standard InChI is InChI=1S/C36H53FN2O3/c1-4-5-6-7-8-9-10-11-22-36(28-38,31-16-19-33(41-2)34(27-31)42-3)23-12-13-24-39-25-20-30(21-26-39)35(40)29-14-17-32(37)18-15-29/h14-19,27,30,35,40H,4-13,20-26H2,1-3H3. The van der Waals surface area contributed by atoms with Crippen LogP contribution in [-0.2, 0) is 5.41 Å². The molecule has 2 aromatic carbocycles. The molecule has 2 aromatic rings. The molecule has 0 bridgehead atoms. The predicted molar refractivity (Wildman–Crippen MR) is 168 cm³/mol. The smallest absolute Gasteiger partial charge is 0.161 e. The molecular weight excluding hydrogens is 527 g/mol. The molecule has 0 saturated carbocycles. The van der Waals surface area contributed by atoms with Gasteiger partial charge in [0.25, 0.3) is 0 Å². The summed E-state index contributed by atoms with van der Waals surface area (Å²) in [5.74, 6) is 1.30. The maximum atomic E-state index is 13.3. The third kappa shape index (κ3) is 9.99. The molecule has 3 rings (SSSR count). The first-order chi connectivity index (χ1) is 20.5. The molecule has 0 aromatic heterocycles. The van der Waals surface area contributed by atoms with E-state index in [1.54, 1.807) is 26.4 Å². The van der Waals surface area contributed by atoms with E-state index < -0.39 is 11.5 Å². The van der Waals surface area contributed by atoms with Gasteiger partial charge in [-0.25, -0.2) is 4.39 Å².